The van der Waals surface area contributed by atoms with E-state index in [1.54, 1.807) is 6.92 Å². The molecule has 1 aliphatic heterocycles. The number of hydrogen-bond acceptors (Lipinski definition) is 9. The summed E-state index contributed by atoms with van der Waals surface area (Å²) in [5, 5.41) is 29.4. The number of terminal acetylenes is 1. The molecule has 0 aromatic carbocycles. The number of hydrogen-bond donors (Lipinski definition) is 9. The predicted octanol–water partition coefficient (Wildman–Crippen LogP) is -2.77. The summed E-state index contributed by atoms with van der Waals surface area (Å²) in [6.07, 6.45) is 7.92. The van der Waals surface area contributed by atoms with E-state index in [9.17, 15) is 14.4 Å². The molecule has 12 nitrogen and oxygen atoms in total. The van der Waals surface area contributed by atoms with Gasteiger partial charge >= 0.3 is 0 Å². The van der Waals surface area contributed by atoms with Gasteiger partial charge in [-0.25, -0.2) is 0 Å². The zero-order valence-corrected chi connectivity index (χ0v) is 23.2. The third-order valence-corrected chi connectivity index (χ3v) is 6.00. The zero-order chi connectivity index (χ0) is 27.7. The van der Waals surface area contributed by atoms with Crippen molar-refractivity contribution in [1.29, 1.82) is 0 Å². The molecule has 0 aromatic rings. The lowest BCUT2D eigenvalue weighted by Gasteiger charge is -2.36. The summed E-state index contributed by atoms with van der Waals surface area (Å²) in [6.45, 7) is 12.0. The summed E-state index contributed by atoms with van der Waals surface area (Å²) in [6, 6.07) is 0. The van der Waals surface area contributed by atoms with Crippen molar-refractivity contribution in [2.45, 2.75) is 44.6 Å². The van der Waals surface area contributed by atoms with Crippen LogP contribution in [0.1, 0.15) is 39.0 Å². The van der Waals surface area contributed by atoms with Crippen LogP contribution in [-0.2, 0) is 14.4 Å². The topological polar surface area (TPSA) is 159 Å². The van der Waals surface area contributed by atoms with E-state index in [1.807, 2.05) is 0 Å². The first-order valence-electron chi connectivity index (χ1n) is 14.0. The summed E-state index contributed by atoms with van der Waals surface area (Å²) >= 11 is 0. The Balaban J connectivity index is 2.25. The summed E-state index contributed by atoms with van der Waals surface area (Å²) in [5.74, 6) is 2.28. The SMILES string of the molecule is C#CCCNC(=O)CCCC(=O)NCCNCCNCC1(NC(C)=O)CNCCNCCCNCCNC1. The highest BCUT2D eigenvalue weighted by Gasteiger charge is 2.30. The first-order valence-corrected chi connectivity index (χ1v) is 14.0. The summed E-state index contributed by atoms with van der Waals surface area (Å²) in [5.41, 5.74) is -0.442. The van der Waals surface area contributed by atoms with Crippen molar-refractivity contribution in [2.24, 2.45) is 0 Å². The molecule has 0 bridgehead atoms. The minimum absolute atomic E-state index is 0.0499. The Hall–Kier alpha value is -2.27. The second kappa shape index (κ2) is 22.7. The van der Waals surface area contributed by atoms with E-state index in [0.717, 1.165) is 58.8 Å². The van der Waals surface area contributed by atoms with Crippen molar-refractivity contribution in [3.63, 3.8) is 0 Å². The Bertz CT molecular complexity index is 686. The van der Waals surface area contributed by atoms with Gasteiger partial charge in [-0.1, -0.05) is 0 Å². The van der Waals surface area contributed by atoms with Crippen molar-refractivity contribution in [3.8, 4) is 12.3 Å². The minimum Gasteiger partial charge on any atom is -0.355 e. The van der Waals surface area contributed by atoms with Crippen LogP contribution in [0.15, 0.2) is 0 Å². The maximum atomic E-state index is 12.0. The predicted molar refractivity (Wildman–Crippen MR) is 152 cm³/mol. The van der Waals surface area contributed by atoms with Gasteiger partial charge in [-0.15, -0.1) is 12.3 Å². The zero-order valence-electron chi connectivity index (χ0n) is 23.2. The summed E-state index contributed by atoms with van der Waals surface area (Å²) < 4.78 is 0. The molecule has 38 heavy (non-hydrogen) atoms. The Kier molecular flexibility index (Phi) is 20.2. The quantitative estimate of drug-likeness (QED) is 0.0796. The van der Waals surface area contributed by atoms with Crippen molar-refractivity contribution in [3.05, 3.63) is 0 Å². The third kappa shape index (κ3) is 18.9. The lowest BCUT2D eigenvalue weighted by atomic mass is 9.98. The largest absolute Gasteiger partial charge is 0.355 e. The van der Waals surface area contributed by atoms with E-state index < -0.39 is 5.54 Å². The molecule has 0 atom stereocenters. The van der Waals surface area contributed by atoms with Crippen LogP contribution in [-0.4, -0.2) is 115 Å². The van der Waals surface area contributed by atoms with Crippen LogP contribution in [0, 0.1) is 12.3 Å². The minimum atomic E-state index is -0.442. The molecule has 0 aromatic heterocycles. The number of rotatable bonds is 15. The third-order valence-electron chi connectivity index (χ3n) is 6.00. The van der Waals surface area contributed by atoms with Gasteiger partial charge in [0.2, 0.25) is 17.7 Å². The Morgan fingerprint density at radius 1 is 0.763 bits per heavy atom. The fraction of sp³-hybridized carbons (Fsp3) is 0.808. The summed E-state index contributed by atoms with van der Waals surface area (Å²) in [4.78, 5) is 35.6. The molecular weight excluding hydrogens is 486 g/mol. The Morgan fingerprint density at radius 3 is 1.92 bits per heavy atom. The lowest BCUT2D eigenvalue weighted by molar-refractivity contribution is -0.123. The first-order chi connectivity index (χ1) is 18.5. The maximum absolute atomic E-state index is 12.0. The van der Waals surface area contributed by atoms with E-state index >= 15 is 0 Å². The fourth-order valence-electron chi connectivity index (χ4n) is 4.07. The van der Waals surface area contributed by atoms with Crippen LogP contribution in [0.5, 0.6) is 0 Å². The Labute approximate surface area is 228 Å². The molecule has 218 valence electrons. The van der Waals surface area contributed by atoms with Crippen LogP contribution >= 0.6 is 0 Å². The van der Waals surface area contributed by atoms with Crippen LogP contribution in [0.4, 0.5) is 0 Å². The van der Waals surface area contributed by atoms with Crippen LogP contribution < -0.4 is 47.9 Å². The molecule has 1 heterocycles. The second-order valence-corrected chi connectivity index (χ2v) is 9.60. The number of carbonyl (C=O) groups excluding carboxylic acids is 3. The number of carbonyl (C=O) groups is 3. The van der Waals surface area contributed by atoms with Gasteiger partial charge in [0.05, 0.1) is 5.54 Å². The summed E-state index contributed by atoms with van der Waals surface area (Å²) in [7, 11) is 0. The molecular formula is C26H51N9O3. The molecule has 0 spiro atoms. The van der Waals surface area contributed by atoms with E-state index in [-0.39, 0.29) is 17.7 Å². The van der Waals surface area contributed by atoms with E-state index in [0.29, 0.717) is 65.0 Å². The molecule has 1 fully saturated rings. The van der Waals surface area contributed by atoms with Gasteiger partial charge in [0, 0.05) is 105 Å². The molecule has 3 amide bonds. The van der Waals surface area contributed by atoms with Gasteiger partial charge in [-0.2, -0.15) is 0 Å². The first kappa shape index (κ1) is 33.8. The second-order valence-electron chi connectivity index (χ2n) is 9.60. The highest BCUT2D eigenvalue weighted by molar-refractivity contribution is 5.78. The normalized spacial score (nSPS) is 16.9. The van der Waals surface area contributed by atoms with Crippen LogP contribution in [0.3, 0.4) is 0 Å². The van der Waals surface area contributed by atoms with E-state index in [4.69, 9.17) is 6.42 Å². The van der Waals surface area contributed by atoms with Crippen molar-refractivity contribution in [2.75, 3.05) is 91.6 Å². The Morgan fingerprint density at radius 2 is 1.32 bits per heavy atom. The average molecular weight is 538 g/mol. The fourth-order valence-corrected chi connectivity index (χ4v) is 4.07. The standard InChI is InChI=1S/C26H51N9O3/c1-3-4-11-33-24(37)7-5-8-25(38)34-19-18-29-14-17-32-22-26(35-23(2)36)20-30-15-12-27-9-6-10-28-13-16-31-21-26/h1,27-32H,4-22H2,2H3,(H,33,37)(H,34,38)(H,35,36). The molecule has 9 N–H and O–H groups in total. The number of nitrogens with one attached hydrogen (secondary N) is 9. The van der Waals surface area contributed by atoms with E-state index in [2.05, 4.69) is 53.8 Å². The highest BCUT2D eigenvalue weighted by Crippen LogP contribution is 2.02. The molecule has 0 aliphatic carbocycles. The van der Waals surface area contributed by atoms with Crippen LogP contribution in [0.25, 0.3) is 0 Å². The van der Waals surface area contributed by atoms with Gasteiger partial charge in [-0.05, 0) is 25.9 Å². The van der Waals surface area contributed by atoms with Gasteiger partial charge in [-0.3, -0.25) is 14.4 Å². The van der Waals surface area contributed by atoms with Crippen molar-refractivity contribution in [1.82, 2.24) is 47.9 Å². The van der Waals surface area contributed by atoms with Crippen molar-refractivity contribution < 1.29 is 14.4 Å². The molecule has 12 heteroatoms. The van der Waals surface area contributed by atoms with Gasteiger partial charge < -0.3 is 47.9 Å². The monoisotopic (exact) mass is 537 g/mol. The van der Waals surface area contributed by atoms with E-state index in [1.165, 1.54) is 0 Å². The molecule has 0 radical (unpaired) electrons. The molecule has 0 saturated carbocycles. The van der Waals surface area contributed by atoms with Gasteiger partial charge in [0.1, 0.15) is 0 Å². The molecule has 0 unspecified atom stereocenters. The molecule has 1 saturated heterocycles. The number of amides is 3. The average Bonchev–Trinajstić information content (AvgIpc) is 2.88. The van der Waals surface area contributed by atoms with Gasteiger partial charge in [0.15, 0.2) is 0 Å². The smallest absolute Gasteiger partial charge is 0.220 e. The highest BCUT2D eigenvalue weighted by atomic mass is 16.2. The van der Waals surface area contributed by atoms with Gasteiger partial charge in [0.25, 0.3) is 0 Å². The van der Waals surface area contributed by atoms with Crippen molar-refractivity contribution >= 4 is 17.7 Å². The molecule has 1 aliphatic rings. The van der Waals surface area contributed by atoms with Crippen LogP contribution in [0.2, 0.25) is 0 Å². The lowest BCUT2D eigenvalue weighted by Crippen LogP contribution is -2.65. The molecule has 1 rings (SSSR count). The maximum Gasteiger partial charge on any atom is 0.220 e.